The summed E-state index contributed by atoms with van der Waals surface area (Å²) in [6.07, 6.45) is -1.67. The molecule has 0 heterocycles. The molecule has 0 aromatic heterocycles. The molecule has 1 aromatic rings. The fraction of sp³-hybridized carbons (Fsp3) is 0.400. The topological polar surface area (TPSA) is 20.2 Å². The van der Waals surface area contributed by atoms with Crippen molar-refractivity contribution in [3.05, 3.63) is 35.4 Å². The lowest BCUT2D eigenvalue weighted by atomic mass is 9.96. The van der Waals surface area contributed by atoms with Gasteiger partial charge in [0.05, 0.1) is 0 Å². The van der Waals surface area contributed by atoms with E-state index in [-0.39, 0.29) is 5.56 Å². The Kier molecular flexibility index (Phi) is 2.85. The van der Waals surface area contributed by atoms with E-state index in [0.717, 1.165) is 32.0 Å². The molecule has 1 aromatic carbocycles. The highest BCUT2D eigenvalue weighted by Gasteiger charge is 2.30. The number of hydrogen-bond donors (Lipinski definition) is 1. The molecule has 0 radical (unpaired) electrons. The summed E-state index contributed by atoms with van der Waals surface area (Å²) in [6, 6.07) is 2.57. The van der Waals surface area contributed by atoms with E-state index in [1.54, 1.807) is 0 Å². The molecule has 0 aliphatic rings. The maximum absolute atomic E-state index is 13.2. The molecule has 0 spiro atoms. The van der Waals surface area contributed by atoms with Crippen LogP contribution in [0.1, 0.15) is 25.5 Å². The van der Waals surface area contributed by atoms with Crippen LogP contribution in [0.25, 0.3) is 0 Å². The number of aliphatic hydroxyl groups is 1. The van der Waals surface area contributed by atoms with E-state index in [0.29, 0.717) is 0 Å². The van der Waals surface area contributed by atoms with Gasteiger partial charge in [0, 0.05) is 5.56 Å². The smallest absolute Gasteiger partial charge is 0.135 e. The Morgan fingerprint density at radius 3 is 2.36 bits per heavy atom. The summed E-state index contributed by atoms with van der Waals surface area (Å²) in [7, 11) is 0. The zero-order chi connectivity index (χ0) is 10.9. The molecule has 0 aliphatic carbocycles. The first kappa shape index (κ1) is 11.0. The third-order valence-corrected chi connectivity index (χ3v) is 1.90. The van der Waals surface area contributed by atoms with Gasteiger partial charge in [0.15, 0.2) is 0 Å². The lowest BCUT2D eigenvalue weighted by molar-refractivity contribution is 0.0136. The van der Waals surface area contributed by atoms with Gasteiger partial charge in [-0.05, 0) is 32.0 Å². The van der Waals surface area contributed by atoms with Crippen molar-refractivity contribution in [1.29, 1.82) is 0 Å². The SMILES string of the molecule is CC(C)(F)C(O)c1cc(F)ccc1F. The minimum Gasteiger partial charge on any atom is -0.385 e. The number of rotatable bonds is 2. The van der Waals surface area contributed by atoms with E-state index in [4.69, 9.17) is 0 Å². The van der Waals surface area contributed by atoms with Gasteiger partial charge in [-0.25, -0.2) is 13.2 Å². The van der Waals surface area contributed by atoms with Crippen LogP contribution >= 0.6 is 0 Å². The third-order valence-electron chi connectivity index (χ3n) is 1.90. The monoisotopic (exact) mass is 204 g/mol. The standard InChI is InChI=1S/C10H11F3O/c1-10(2,13)9(14)7-5-6(11)3-4-8(7)12/h3-5,9,14H,1-2H3. The predicted molar refractivity (Wildman–Crippen MR) is 46.5 cm³/mol. The average molecular weight is 204 g/mol. The number of hydrogen-bond acceptors (Lipinski definition) is 1. The number of benzene rings is 1. The lowest BCUT2D eigenvalue weighted by Gasteiger charge is -2.22. The van der Waals surface area contributed by atoms with Gasteiger partial charge in [-0.1, -0.05) is 0 Å². The molecular formula is C10H11F3O. The second kappa shape index (κ2) is 3.61. The fourth-order valence-corrected chi connectivity index (χ4v) is 1.09. The van der Waals surface area contributed by atoms with Crippen LogP contribution in [0.3, 0.4) is 0 Å². The first-order valence-corrected chi connectivity index (χ1v) is 4.14. The van der Waals surface area contributed by atoms with Gasteiger partial charge >= 0.3 is 0 Å². The Balaban J connectivity index is 3.12. The zero-order valence-corrected chi connectivity index (χ0v) is 7.89. The molecule has 0 aliphatic heterocycles. The largest absolute Gasteiger partial charge is 0.385 e. The molecule has 0 saturated carbocycles. The van der Waals surface area contributed by atoms with Crippen molar-refractivity contribution < 1.29 is 18.3 Å². The molecule has 0 saturated heterocycles. The van der Waals surface area contributed by atoms with E-state index in [1.165, 1.54) is 0 Å². The normalized spacial score (nSPS) is 14.1. The average Bonchev–Trinajstić information content (AvgIpc) is 2.06. The molecular weight excluding hydrogens is 193 g/mol. The summed E-state index contributed by atoms with van der Waals surface area (Å²) >= 11 is 0. The summed E-state index contributed by atoms with van der Waals surface area (Å²) in [6.45, 7) is 2.20. The molecule has 4 heteroatoms. The predicted octanol–water partition coefficient (Wildman–Crippen LogP) is 2.75. The second-order valence-electron chi connectivity index (χ2n) is 3.63. The quantitative estimate of drug-likeness (QED) is 0.785. The van der Waals surface area contributed by atoms with Crippen molar-refractivity contribution >= 4 is 0 Å². The molecule has 1 rings (SSSR count). The Hall–Kier alpha value is -1.03. The highest BCUT2D eigenvalue weighted by Crippen LogP contribution is 2.30. The minimum absolute atomic E-state index is 0.363. The molecule has 78 valence electrons. The Bertz CT molecular complexity index is 331. The van der Waals surface area contributed by atoms with Crippen molar-refractivity contribution in [2.75, 3.05) is 0 Å². The molecule has 1 N–H and O–H groups in total. The van der Waals surface area contributed by atoms with Crippen LogP contribution in [0, 0.1) is 11.6 Å². The molecule has 0 amide bonds. The number of halogens is 3. The van der Waals surface area contributed by atoms with Crippen LogP contribution in [-0.2, 0) is 0 Å². The molecule has 1 unspecified atom stereocenters. The Morgan fingerprint density at radius 2 is 1.86 bits per heavy atom. The van der Waals surface area contributed by atoms with Crippen molar-refractivity contribution in [2.24, 2.45) is 0 Å². The van der Waals surface area contributed by atoms with Gasteiger partial charge in [-0.2, -0.15) is 0 Å². The highest BCUT2D eigenvalue weighted by molar-refractivity contribution is 5.23. The molecule has 0 bridgehead atoms. The van der Waals surface area contributed by atoms with Gasteiger partial charge in [0.25, 0.3) is 0 Å². The lowest BCUT2D eigenvalue weighted by Crippen LogP contribution is -2.24. The first-order chi connectivity index (χ1) is 6.32. The highest BCUT2D eigenvalue weighted by atomic mass is 19.1. The summed E-state index contributed by atoms with van der Waals surface area (Å²) in [5.41, 5.74) is -2.37. The van der Waals surface area contributed by atoms with Crippen LogP contribution in [0.15, 0.2) is 18.2 Å². The van der Waals surface area contributed by atoms with Crippen LogP contribution in [-0.4, -0.2) is 10.8 Å². The second-order valence-corrected chi connectivity index (χ2v) is 3.63. The van der Waals surface area contributed by atoms with Crippen molar-refractivity contribution in [1.82, 2.24) is 0 Å². The summed E-state index contributed by atoms with van der Waals surface area (Å²) in [4.78, 5) is 0. The Labute approximate surface area is 80.2 Å². The minimum atomic E-state index is -2.01. The van der Waals surface area contributed by atoms with E-state index in [9.17, 15) is 18.3 Å². The first-order valence-electron chi connectivity index (χ1n) is 4.14. The van der Waals surface area contributed by atoms with E-state index in [2.05, 4.69) is 0 Å². The zero-order valence-electron chi connectivity index (χ0n) is 7.89. The van der Waals surface area contributed by atoms with Crippen molar-refractivity contribution in [3.8, 4) is 0 Å². The van der Waals surface area contributed by atoms with Crippen LogP contribution in [0.4, 0.5) is 13.2 Å². The molecule has 14 heavy (non-hydrogen) atoms. The third kappa shape index (κ3) is 2.26. The molecule has 1 nitrogen and oxygen atoms in total. The number of aliphatic hydroxyl groups excluding tert-OH is 1. The van der Waals surface area contributed by atoms with Crippen molar-refractivity contribution in [2.45, 2.75) is 25.6 Å². The Morgan fingerprint density at radius 1 is 1.29 bits per heavy atom. The van der Waals surface area contributed by atoms with Gasteiger partial charge in [0.1, 0.15) is 23.4 Å². The van der Waals surface area contributed by atoms with Crippen LogP contribution in [0.5, 0.6) is 0 Å². The van der Waals surface area contributed by atoms with E-state index < -0.39 is 23.4 Å². The van der Waals surface area contributed by atoms with E-state index >= 15 is 0 Å². The van der Waals surface area contributed by atoms with Gasteiger partial charge in [-0.3, -0.25) is 0 Å². The van der Waals surface area contributed by atoms with Crippen LogP contribution < -0.4 is 0 Å². The molecule has 1 atom stereocenters. The van der Waals surface area contributed by atoms with Crippen LogP contribution in [0.2, 0.25) is 0 Å². The van der Waals surface area contributed by atoms with Gasteiger partial charge in [0.2, 0.25) is 0 Å². The summed E-state index contributed by atoms with van der Waals surface area (Å²) in [5.74, 6) is -1.52. The number of alkyl halides is 1. The van der Waals surface area contributed by atoms with Gasteiger partial charge < -0.3 is 5.11 Å². The fourth-order valence-electron chi connectivity index (χ4n) is 1.09. The summed E-state index contributed by atoms with van der Waals surface area (Å²) < 4.78 is 39.0. The summed E-state index contributed by atoms with van der Waals surface area (Å²) in [5, 5.41) is 9.38. The maximum Gasteiger partial charge on any atom is 0.135 e. The molecule has 0 fully saturated rings. The maximum atomic E-state index is 13.2. The van der Waals surface area contributed by atoms with Crippen molar-refractivity contribution in [3.63, 3.8) is 0 Å². The van der Waals surface area contributed by atoms with E-state index in [1.807, 2.05) is 0 Å². The van der Waals surface area contributed by atoms with Gasteiger partial charge in [-0.15, -0.1) is 0 Å².